The van der Waals surface area contributed by atoms with E-state index in [0.717, 1.165) is 21.8 Å². The smallest absolute Gasteiger partial charge is 0.184 e. The Kier molecular flexibility index (Phi) is 2.43. The van der Waals surface area contributed by atoms with Crippen LogP contribution < -0.4 is 10.1 Å². The lowest BCUT2D eigenvalue weighted by Gasteiger charge is -2.52. The third-order valence-electron chi connectivity index (χ3n) is 4.20. The van der Waals surface area contributed by atoms with Crippen LogP contribution in [0.5, 0.6) is 5.75 Å². The van der Waals surface area contributed by atoms with Gasteiger partial charge >= 0.3 is 0 Å². The van der Waals surface area contributed by atoms with Crippen molar-refractivity contribution in [1.82, 2.24) is 10.2 Å². The largest absolute Gasteiger partial charge is 0.468 e. The lowest BCUT2D eigenvalue weighted by molar-refractivity contribution is -0.0721. The molecule has 1 aromatic carbocycles. The van der Waals surface area contributed by atoms with Crippen molar-refractivity contribution in [3.63, 3.8) is 0 Å². The molecular weight excluding hydrogens is 324 g/mol. The maximum atomic E-state index is 6.31. The minimum Gasteiger partial charge on any atom is -0.468 e. The monoisotopic (exact) mass is 338 g/mol. The zero-order valence-corrected chi connectivity index (χ0v) is 13.1. The third kappa shape index (κ3) is 1.78. The molecule has 1 aliphatic carbocycles. The van der Waals surface area contributed by atoms with E-state index >= 15 is 0 Å². The molecule has 1 saturated heterocycles. The summed E-state index contributed by atoms with van der Waals surface area (Å²) >= 11 is 9.08. The summed E-state index contributed by atoms with van der Waals surface area (Å²) in [5, 5.41) is 4.32. The van der Waals surface area contributed by atoms with Crippen LogP contribution in [0.15, 0.2) is 22.7 Å². The number of ether oxygens (including phenoxy) is 1. The van der Waals surface area contributed by atoms with Gasteiger partial charge in [-0.1, -0.05) is 15.9 Å². The minimum atomic E-state index is -0.297. The van der Waals surface area contributed by atoms with Crippen LogP contribution in [0.3, 0.4) is 0 Å². The van der Waals surface area contributed by atoms with Gasteiger partial charge in [-0.05, 0) is 50.2 Å². The topological polar surface area (TPSA) is 24.5 Å². The standard InChI is InChI=1S/C14H15BrN2OS/c1-14-7-11(16-13(19)17(14)9-3-4-9)10-6-8(15)2-5-12(10)18-14/h2,5-6,9,11H,3-4,7H2,1H3,(H,16,19). The van der Waals surface area contributed by atoms with E-state index < -0.39 is 0 Å². The molecule has 3 nitrogen and oxygen atoms in total. The highest BCUT2D eigenvalue weighted by molar-refractivity contribution is 9.10. The average molecular weight is 339 g/mol. The van der Waals surface area contributed by atoms with Crippen molar-refractivity contribution in [3.05, 3.63) is 28.2 Å². The Morgan fingerprint density at radius 2 is 2.26 bits per heavy atom. The van der Waals surface area contributed by atoms with Crippen LogP contribution in [0.4, 0.5) is 0 Å². The van der Waals surface area contributed by atoms with Crippen LogP contribution in [0.25, 0.3) is 0 Å². The molecule has 4 rings (SSSR count). The molecule has 2 heterocycles. The van der Waals surface area contributed by atoms with Crippen LogP contribution in [0.1, 0.15) is 37.8 Å². The normalized spacial score (nSPS) is 32.4. The molecule has 0 spiro atoms. The van der Waals surface area contributed by atoms with Crippen molar-refractivity contribution in [2.75, 3.05) is 0 Å². The van der Waals surface area contributed by atoms with Gasteiger partial charge in [-0.2, -0.15) is 0 Å². The zero-order valence-electron chi connectivity index (χ0n) is 10.6. The van der Waals surface area contributed by atoms with E-state index in [-0.39, 0.29) is 11.8 Å². The van der Waals surface area contributed by atoms with Crippen LogP contribution in [-0.2, 0) is 0 Å². The molecule has 1 aromatic rings. The minimum absolute atomic E-state index is 0.258. The molecule has 1 N–H and O–H groups in total. The Morgan fingerprint density at radius 3 is 3.00 bits per heavy atom. The molecule has 0 amide bonds. The number of nitrogens with zero attached hydrogens (tertiary/aromatic N) is 1. The van der Waals surface area contributed by atoms with Crippen molar-refractivity contribution >= 4 is 33.3 Å². The summed E-state index contributed by atoms with van der Waals surface area (Å²) in [6, 6.07) is 7.02. The van der Waals surface area contributed by atoms with E-state index in [4.69, 9.17) is 17.0 Å². The van der Waals surface area contributed by atoms with Gasteiger partial charge in [-0.25, -0.2) is 0 Å². The van der Waals surface area contributed by atoms with Gasteiger partial charge in [0.05, 0.1) is 6.04 Å². The second-order valence-corrected chi connectivity index (χ2v) is 7.07. The third-order valence-corrected chi connectivity index (χ3v) is 5.01. The van der Waals surface area contributed by atoms with Gasteiger partial charge in [-0.15, -0.1) is 0 Å². The van der Waals surface area contributed by atoms with E-state index in [9.17, 15) is 0 Å². The van der Waals surface area contributed by atoms with Crippen molar-refractivity contribution in [2.45, 2.75) is 44.0 Å². The van der Waals surface area contributed by atoms with Crippen molar-refractivity contribution < 1.29 is 4.74 Å². The first-order chi connectivity index (χ1) is 9.07. The lowest BCUT2D eigenvalue weighted by Crippen LogP contribution is -2.65. The summed E-state index contributed by atoms with van der Waals surface area (Å²) in [6.07, 6.45) is 3.38. The summed E-state index contributed by atoms with van der Waals surface area (Å²) in [5.74, 6) is 0.975. The van der Waals surface area contributed by atoms with Crippen LogP contribution in [0.2, 0.25) is 0 Å². The summed E-state index contributed by atoms with van der Waals surface area (Å²) in [7, 11) is 0. The molecule has 0 radical (unpaired) electrons. The summed E-state index contributed by atoms with van der Waals surface area (Å²) in [6.45, 7) is 2.16. The molecule has 0 aromatic heterocycles. The van der Waals surface area contributed by atoms with Gasteiger partial charge in [0.2, 0.25) is 0 Å². The molecule has 100 valence electrons. The molecule has 2 fully saturated rings. The molecule has 2 atom stereocenters. The predicted octanol–water partition coefficient (Wildman–Crippen LogP) is 3.34. The second kappa shape index (κ2) is 3.85. The van der Waals surface area contributed by atoms with Gasteiger partial charge in [-0.3, -0.25) is 0 Å². The van der Waals surface area contributed by atoms with Gasteiger partial charge in [0.25, 0.3) is 0 Å². The Balaban J connectivity index is 1.80. The number of hydrogen-bond acceptors (Lipinski definition) is 2. The van der Waals surface area contributed by atoms with E-state index in [1.165, 1.54) is 18.4 Å². The SMILES string of the molecule is CC12CC(NC(=S)N1C1CC1)c1cc(Br)ccc1O2. The maximum absolute atomic E-state index is 6.31. The zero-order chi connectivity index (χ0) is 13.2. The van der Waals surface area contributed by atoms with Crippen LogP contribution >= 0.6 is 28.1 Å². The highest BCUT2D eigenvalue weighted by atomic mass is 79.9. The number of nitrogens with one attached hydrogen (secondary N) is 1. The van der Waals surface area contributed by atoms with Gasteiger partial charge in [0.1, 0.15) is 5.75 Å². The number of rotatable bonds is 1. The predicted molar refractivity (Wildman–Crippen MR) is 81.1 cm³/mol. The summed E-state index contributed by atoms with van der Waals surface area (Å²) < 4.78 is 7.39. The number of thiocarbonyl (C=S) groups is 1. The molecule has 3 aliphatic rings. The summed E-state index contributed by atoms with van der Waals surface area (Å²) in [4.78, 5) is 2.27. The summed E-state index contributed by atoms with van der Waals surface area (Å²) in [5.41, 5.74) is 0.902. The number of halogens is 1. The fourth-order valence-electron chi connectivity index (χ4n) is 3.25. The first-order valence-corrected chi connectivity index (χ1v) is 7.85. The van der Waals surface area contributed by atoms with Crippen LogP contribution in [-0.4, -0.2) is 21.8 Å². The average Bonchev–Trinajstić information content (AvgIpc) is 3.14. The van der Waals surface area contributed by atoms with E-state index in [0.29, 0.717) is 6.04 Å². The molecule has 1 saturated carbocycles. The van der Waals surface area contributed by atoms with E-state index in [1.54, 1.807) is 0 Å². The first-order valence-electron chi connectivity index (χ1n) is 6.65. The van der Waals surface area contributed by atoms with Gasteiger partial charge < -0.3 is 15.0 Å². The number of fused-ring (bicyclic) bond motifs is 4. The Morgan fingerprint density at radius 1 is 1.47 bits per heavy atom. The molecular formula is C14H15BrN2OS. The lowest BCUT2D eigenvalue weighted by atomic mass is 9.90. The number of benzene rings is 1. The fraction of sp³-hybridized carbons (Fsp3) is 0.500. The molecule has 5 heteroatoms. The molecule has 2 unspecified atom stereocenters. The van der Waals surface area contributed by atoms with Crippen molar-refractivity contribution in [1.29, 1.82) is 0 Å². The highest BCUT2D eigenvalue weighted by Gasteiger charge is 2.52. The quantitative estimate of drug-likeness (QED) is 0.793. The van der Waals surface area contributed by atoms with Gasteiger partial charge in [0, 0.05) is 22.5 Å². The molecule has 2 bridgehead atoms. The van der Waals surface area contributed by atoms with E-state index in [2.05, 4.69) is 39.1 Å². The Labute approximate surface area is 126 Å². The Bertz CT molecular complexity index is 575. The van der Waals surface area contributed by atoms with Gasteiger partial charge in [0.15, 0.2) is 10.8 Å². The van der Waals surface area contributed by atoms with Crippen molar-refractivity contribution in [2.24, 2.45) is 0 Å². The molecule has 19 heavy (non-hydrogen) atoms. The Hall–Kier alpha value is -0.810. The number of hydrogen-bond donors (Lipinski definition) is 1. The second-order valence-electron chi connectivity index (χ2n) is 5.77. The highest BCUT2D eigenvalue weighted by Crippen LogP contribution is 2.47. The van der Waals surface area contributed by atoms with Crippen molar-refractivity contribution in [3.8, 4) is 5.75 Å². The maximum Gasteiger partial charge on any atom is 0.184 e. The van der Waals surface area contributed by atoms with E-state index in [1.807, 2.05) is 12.1 Å². The fourth-order valence-corrected chi connectivity index (χ4v) is 4.11. The molecule has 2 aliphatic heterocycles. The van der Waals surface area contributed by atoms with Crippen LogP contribution in [0, 0.1) is 0 Å². The first kappa shape index (κ1) is 12.0.